The number of likely N-dealkylation sites (N-methyl/N-ethyl adjacent to an activating group) is 1. The fourth-order valence-corrected chi connectivity index (χ4v) is 2.70. The molecule has 30 heavy (non-hydrogen) atoms. The van der Waals surface area contributed by atoms with Crippen molar-refractivity contribution in [2.24, 2.45) is 0 Å². The van der Waals surface area contributed by atoms with Gasteiger partial charge in [0.1, 0.15) is 11.6 Å². The summed E-state index contributed by atoms with van der Waals surface area (Å²) < 4.78 is 10.6. The molecule has 1 aromatic heterocycles. The molecule has 0 atom stereocenters. The fraction of sp³-hybridized carbons (Fsp3) is 0.476. The smallest absolute Gasteiger partial charge is 0.327 e. The highest BCUT2D eigenvalue weighted by molar-refractivity contribution is 5.98. The Morgan fingerprint density at radius 2 is 1.97 bits per heavy atom. The minimum absolute atomic E-state index is 0.0988. The van der Waals surface area contributed by atoms with Crippen LogP contribution < -0.4 is 19.9 Å². The van der Waals surface area contributed by atoms with Crippen LogP contribution in [0, 0.1) is 0 Å². The summed E-state index contributed by atoms with van der Waals surface area (Å²) in [7, 11) is 3.51. The Morgan fingerprint density at radius 1 is 1.20 bits per heavy atom. The molecule has 9 heteroatoms. The van der Waals surface area contributed by atoms with Gasteiger partial charge in [0.25, 0.3) is 0 Å². The number of aliphatic hydroxyl groups is 1. The van der Waals surface area contributed by atoms with Crippen molar-refractivity contribution in [3.05, 3.63) is 36.5 Å². The van der Waals surface area contributed by atoms with Gasteiger partial charge in [-0.05, 0) is 44.0 Å². The number of anilines is 3. The first kappa shape index (κ1) is 23.4. The SMILES string of the molecule is CCOc1ccc(N(C(=O)NCCCCO)c2ccnc(N(C)CCOC)n2)cc1. The molecule has 0 bridgehead atoms. The number of hydrogen-bond acceptors (Lipinski definition) is 7. The van der Waals surface area contributed by atoms with Gasteiger partial charge in [-0.3, -0.25) is 0 Å². The van der Waals surface area contributed by atoms with Crippen LogP contribution in [0.3, 0.4) is 0 Å². The molecule has 0 saturated carbocycles. The largest absolute Gasteiger partial charge is 0.494 e. The highest BCUT2D eigenvalue weighted by Gasteiger charge is 2.20. The van der Waals surface area contributed by atoms with Gasteiger partial charge in [-0.1, -0.05) is 0 Å². The molecule has 0 fully saturated rings. The standard InChI is InChI=1S/C21H31N5O4/c1-4-30-18-9-7-17(8-10-18)26(21(28)23-12-5-6-15-27)19-11-13-22-20(24-19)25(2)14-16-29-3/h7-11,13,27H,4-6,12,14-16H2,1-3H3,(H,23,28). The van der Waals surface area contributed by atoms with Crippen molar-refractivity contribution in [3.8, 4) is 5.75 Å². The lowest BCUT2D eigenvalue weighted by Crippen LogP contribution is -2.38. The van der Waals surface area contributed by atoms with Crippen LogP contribution in [0.25, 0.3) is 0 Å². The summed E-state index contributed by atoms with van der Waals surface area (Å²) >= 11 is 0. The summed E-state index contributed by atoms with van der Waals surface area (Å²) in [6, 6.07) is 8.65. The first-order chi connectivity index (χ1) is 14.6. The number of unbranched alkanes of at least 4 members (excludes halogenated alkanes) is 1. The fourth-order valence-electron chi connectivity index (χ4n) is 2.70. The molecule has 2 aromatic rings. The normalized spacial score (nSPS) is 10.5. The zero-order valence-electron chi connectivity index (χ0n) is 17.9. The first-order valence-corrected chi connectivity index (χ1v) is 10.1. The molecular formula is C21H31N5O4. The summed E-state index contributed by atoms with van der Waals surface area (Å²) in [6.07, 6.45) is 2.95. The number of aromatic nitrogens is 2. The minimum atomic E-state index is -0.304. The van der Waals surface area contributed by atoms with Crippen LogP contribution in [0.2, 0.25) is 0 Å². The number of carbonyl (C=O) groups excluding carboxylic acids is 1. The molecule has 0 aliphatic rings. The summed E-state index contributed by atoms with van der Waals surface area (Å²) in [5.74, 6) is 1.67. The van der Waals surface area contributed by atoms with Gasteiger partial charge in [0, 0.05) is 46.1 Å². The predicted octanol–water partition coefficient (Wildman–Crippen LogP) is 2.58. The monoisotopic (exact) mass is 417 g/mol. The van der Waals surface area contributed by atoms with E-state index in [0.717, 1.165) is 5.75 Å². The average Bonchev–Trinajstić information content (AvgIpc) is 2.77. The number of urea groups is 1. The van der Waals surface area contributed by atoms with Crippen LogP contribution in [-0.2, 0) is 4.74 Å². The highest BCUT2D eigenvalue weighted by atomic mass is 16.5. The number of benzene rings is 1. The Hall–Kier alpha value is -2.91. The second-order valence-corrected chi connectivity index (χ2v) is 6.55. The van der Waals surface area contributed by atoms with E-state index in [1.54, 1.807) is 19.4 Å². The van der Waals surface area contributed by atoms with Crippen molar-refractivity contribution in [3.63, 3.8) is 0 Å². The number of aliphatic hydroxyl groups excluding tert-OH is 1. The lowest BCUT2D eigenvalue weighted by atomic mass is 10.2. The maximum Gasteiger partial charge on any atom is 0.327 e. The van der Waals surface area contributed by atoms with E-state index in [9.17, 15) is 4.79 Å². The molecule has 0 aliphatic carbocycles. The van der Waals surface area contributed by atoms with Gasteiger partial charge in [0.15, 0.2) is 0 Å². The van der Waals surface area contributed by atoms with Crippen LogP contribution in [-0.4, -0.2) is 68.2 Å². The van der Waals surface area contributed by atoms with Crippen molar-refractivity contribution in [2.75, 3.05) is 56.9 Å². The van der Waals surface area contributed by atoms with Crippen molar-refractivity contribution in [1.29, 1.82) is 0 Å². The molecule has 0 spiro atoms. The molecule has 0 unspecified atom stereocenters. The Labute approximate surface area is 177 Å². The van der Waals surface area contributed by atoms with Crippen LogP contribution in [0.15, 0.2) is 36.5 Å². The predicted molar refractivity (Wildman–Crippen MR) is 117 cm³/mol. The molecule has 2 amide bonds. The van der Waals surface area contributed by atoms with Crippen molar-refractivity contribution in [2.45, 2.75) is 19.8 Å². The number of nitrogens with zero attached hydrogens (tertiary/aromatic N) is 4. The van der Waals surface area contributed by atoms with Gasteiger partial charge in [-0.2, -0.15) is 4.98 Å². The third-order valence-electron chi connectivity index (χ3n) is 4.30. The summed E-state index contributed by atoms with van der Waals surface area (Å²) in [5, 5.41) is 11.8. The molecule has 2 rings (SSSR count). The van der Waals surface area contributed by atoms with Gasteiger partial charge in [0.05, 0.1) is 18.9 Å². The molecule has 0 radical (unpaired) electrons. The van der Waals surface area contributed by atoms with E-state index < -0.39 is 0 Å². The second-order valence-electron chi connectivity index (χ2n) is 6.55. The van der Waals surface area contributed by atoms with Crippen molar-refractivity contribution >= 4 is 23.5 Å². The Bertz CT molecular complexity index is 772. The summed E-state index contributed by atoms with van der Waals surface area (Å²) in [5.41, 5.74) is 0.655. The van der Waals surface area contributed by atoms with Crippen LogP contribution in [0.4, 0.5) is 22.2 Å². The third kappa shape index (κ3) is 6.85. The number of ether oxygens (including phenoxy) is 2. The summed E-state index contributed by atoms with van der Waals surface area (Å²) in [6.45, 7) is 4.20. The Morgan fingerprint density at radius 3 is 2.63 bits per heavy atom. The van der Waals surface area contributed by atoms with E-state index in [-0.39, 0.29) is 12.6 Å². The molecule has 1 aromatic carbocycles. The molecule has 0 saturated heterocycles. The molecule has 0 aliphatic heterocycles. The van der Waals surface area contributed by atoms with Crippen molar-refractivity contribution in [1.82, 2.24) is 15.3 Å². The second kappa shape index (κ2) is 12.6. The molecular weight excluding hydrogens is 386 g/mol. The van der Waals surface area contributed by atoms with E-state index in [4.69, 9.17) is 14.6 Å². The molecule has 164 valence electrons. The van der Waals surface area contributed by atoms with E-state index in [1.165, 1.54) is 4.90 Å². The number of methoxy groups -OCH3 is 1. The van der Waals surface area contributed by atoms with Gasteiger partial charge < -0.3 is 24.8 Å². The van der Waals surface area contributed by atoms with E-state index >= 15 is 0 Å². The quantitative estimate of drug-likeness (QED) is 0.512. The molecule has 1 heterocycles. The lowest BCUT2D eigenvalue weighted by molar-refractivity contribution is 0.206. The number of carbonyl (C=O) groups is 1. The number of rotatable bonds is 12. The van der Waals surface area contributed by atoms with Crippen LogP contribution >= 0.6 is 0 Å². The molecule has 2 N–H and O–H groups in total. The maximum atomic E-state index is 13.0. The minimum Gasteiger partial charge on any atom is -0.494 e. The zero-order valence-corrected chi connectivity index (χ0v) is 17.9. The van der Waals surface area contributed by atoms with Gasteiger partial charge in [0.2, 0.25) is 5.95 Å². The highest BCUT2D eigenvalue weighted by Crippen LogP contribution is 2.27. The van der Waals surface area contributed by atoms with Crippen LogP contribution in [0.5, 0.6) is 5.75 Å². The average molecular weight is 418 g/mol. The molecule has 9 nitrogen and oxygen atoms in total. The van der Waals surface area contributed by atoms with Crippen molar-refractivity contribution < 1.29 is 19.4 Å². The third-order valence-corrected chi connectivity index (χ3v) is 4.30. The summed E-state index contributed by atoms with van der Waals surface area (Å²) in [4.78, 5) is 25.3. The number of amides is 2. The maximum absolute atomic E-state index is 13.0. The number of nitrogens with one attached hydrogen (secondary N) is 1. The number of hydrogen-bond donors (Lipinski definition) is 2. The topological polar surface area (TPSA) is 100 Å². The lowest BCUT2D eigenvalue weighted by Gasteiger charge is -2.24. The van der Waals surface area contributed by atoms with Gasteiger partial charge in [-0.25, -0.2) is 14.7 Å². The Balaban J connectivity index is 2.29. The first-order valence-electron chi connectivity index (χ1n) is 10.1. The van der Waals surface area contributed by atoms with Crippen LogP contribution in [0.1, 0.15) is 19.8 Å². The zero-order chi connectivity index (χ0) is 21.8. The van der Waals surface area contributed by atoms with Gasteiger partial charge >= 0.3 is 6.03 Å². The van der Waals surface area contributed by atoms with Gasteiger partial charge in [-0.15, -0.1) is 0 Å². The van der Waals surface area contributed by atoms with E-state index in [0.29, 0.717) is 56.6 Å². The van der Waals surface area contributed by atoms with E-state index in [2.05, 4.69) is 15.3 Å². The Kier molecular flexibility index (Phi) is 9.82. The van der Waals surface area contributed by atoms with E-state index in [1.807, 2.05) is 43.1 Å².